The molecule has 1 aromatic rings. The summed E-state index contributed by atoms with van der Waals surface area (Å²) in [6.45, 7) is 4.43. The summed E-state index contributed by atoms with van der Waals surface area (Å²) >= 11 is 0. The summed E-state index contributed by atoms with van der Waals surface area (Å²) in [6, 6.07) is 8.01. The third-order valence-corrected chi connectivity index (χ3v) is 4.96. The minimum atomic E-state index is -0.727. The third-order valence-electron chi connectivity index (χ3n) is 4.96. The van der Waals surface area contributed by atoms with Gasteiger partial charge in [0.25, 0.3) is 0 Å². The van der Waals surface area contributed by atoms with Gasteiger partial charge in [-0.2, -0.15) is 0 Å². The predicted octanol–water partition coefficient (Wildman–Crippen LogP) is 2.49. The van der Waals surface area contributed by atoms with Crippen molar-refractivity contribution in [3.8, 4) is 0 Å². The molecule has 148 valence electrons. The van der Waals surface area contributed by atoms with E-state index in [-0.39, 0.29) is 18.4 Å². The minimum absolute atomic E-state index is 0.0683. The van der Waals surface area contributed by atoms with Gasteiger partial charge in [-0.3, -0.25) is 9.69 Å². The Morgan fingerprint density at radius 3 is 2.59 bits per heavy atom. The number of rotatable bonds is 7. The number of benzene rings is 1. The molecule has 2 amide bonds. The van der Waals surface area contributed by atoms with Crippen LogP contribution in [0.2, 0.25) is 0 Å². The molecule has 7 heteroatoms. The molecule has 1 saturated heterocycles. The van der Waals surface area contributed by atoms with Crippen molar-refractivity contribution in [2.45, 2.75) is 51.8 Å². The van der Waals surface area contributed by atoms with Gasteiger partial charge in [-0.15, -0.1) is 0 Å². The molecular weight excluding hydrogens is 348 g/mol. The lowest BCUT2D eigenvalue weighted by Crippen LogP contribution is -2.53. The number of ether oxygens (including phenoxy) is 2. The van der Waals surface area contributed by atoms with Crippen LogP contribution in [0.3, 0.4) is 0 Å². The van der Waals surface area contributed by atoms with Crippen molar-refractivity contribution in [2.24, 2.45) is 5.92 Å². The highest BCUT2D eigenvalue weighted by Crippen LogP contribution is 2.20. The second-order valence-electron chi connectivity index (χ2n) is 6.79. The molecule has 1 aliphatic heterocycles. The number of nitrogens with one attached hydrogen (secondary N) is 1. The van der Waals surface area contributed by atoms with Crippen LogP contribution in [0, 0.1) is 5.92 Å². The Labute approximate surface area is 160 Å². The zero-order chi connectivity index (χ0) is 19.8. The Kier molecular flexibility index (Phi) is 7.64. The molecule has 27 heavy (non-hydrogen) atoms. The van der Waals surface area contributed by atoms with E-state index < -0.39 is 24.1 Å². The number of hydrogen-bond acceptors (Lipinski definition) is 5. The maximum absolute atomic E-state index is 12.7. The van der Waals surface area contributed by atoms with Crippen molar-refractivity contribution in [2.75, 3.05) is 13.7 Å². The van der Waals surface area contributed by atoms with E-state index in [0.29, 0.717) is 25.8 Å². The number of nitrogens with zero attached hydrogens (tertiary/aromatic N) is 1. The Bertz CT molecular complexity index is 649. The molecule has 1 aliphatic rings. The fraction of sp³-hybridized carbons (Fsp3) is 0.550. The van der Waals surface area contributed by atoms with E-state index in [1.807, 2.05) is 44.2 Å². The van der Waals surface area contributed by atoms with E-state index in [1.54, 1.807) is 0 Å². The fourth-order valence-corrected chi connectivity index (χ4v) is 3.11. The molecule has 0 aliphatic carbocycles. The van der Waals surface area contributed by atoms with Crippen molar-refractivity contribution in [1.82, 2.24) is 10.2 Å². The lowest BCUT2D eigenvalue weighted by molar-refractivity contribution is -0.147. The standard InChI is InChI=1S/C20H28N2O5/c1-4-14(2)17(19(24)26-3)21-18(23)16-11-8-12-22(16)20(25)27-13-15-9-6-5-7-10-15/h5-7,9-10,14,16-17H,4,8,11-13H2,1-3H3,(H,21,23)/t14-,16-,17-/m1/s1. The van der Waals surface area contributed by atoms with Gasteiger partial charge < -0.3 is 14.8 Å². The third kappa shape index (κ3) is 5.45. The maximum atomic E-state index is 12.7. The molecule has 0 saturated carbocycles. The van der Waals surface area contributed by atoms with Crippen molar-refractivity contribution in [3.63, 3.8) is 0 Å². The molecule has 1 heterocycles. The molecule has 7 nitrogen and oxygen atoms in total. The minimum Gasteiger partial charge on any atom is -0.467 e. The quantitative estimate of drug-likeness (QED) is 0.739. The number of hydrogen-bond donors (Lipinski definition) is 1. The van der Waals surface area contributed by atoms with Crippen LogP contribution in [0.25, 0.3) is 0 Å². The van der Waals surface area contributed by atoms with Gasteiger partial charge in [-0.1, -0.05) is 50.6 Å². The molecule has 1 fully saturated rings. The van der Waals surface area contributed by atoms with Crippen LogP contribution < -0.4 is 5.32 Å². The first-order chi connectivity index (χ1) is 13.0. The van der Waals surface area contributed by atoms with E-state index in [4.69, 9.17) is 9.47 Å². The summed E-state index contributed by atoms with van der Waals surface area (Å²) in [5, 5.41) is 2.76. The molecule has 0 spiro atoms. The zero-order valence-electron chi connectivity index (χ0n) is 16.1. The number of amides is 2. The normalized spacial score (nSPS) is 18.5. The Hall–Kier alpha value is -2.57. The molecular formula is C20H28N2O5. The summed E-state index contributed by atoms with van der Waals surface area (Å²) in [5.41, 5.74) is 0.883. The van der Waals surface area contributed by atoms with E-state index in [1.165, 1.54) is 12.0 Å². The Balaban J connectivity index is 1.97. The van der Waals surface area contributed by atoms with E-state index in [0.717, 1.165) is 5.56 Å². The van der Waals surface area contributed by atoms with Crippen LogP contribution in [-0.2, 0) is 25.7 Å². The van der Waals surface area contributed by atoms with Crippen LogP contribution in [0.4, 0.5) is 4.79 Å². The van der Waals surface area contributed by atoms with Gasteiger partial charge in [0.05, 0.1) is 7.11 Å². The molecule has 0 unspecified atom stereocenters. The number of methoxy groups -OCH3 is 1. The van der Waals surface area contributed by atoms with Gasteiger partial charge in [-0.25, -0.2) is 9.59 Å². The highest BCUT2D eigenvalue weighted by atomic mass is 16.6. The van der Waals surface area contributed by atoms with Gasteiger partial charge in [0.15, 0.2) is 0 Å². The number of carbonyl (C=O) groups is 3. The van der Waals surface area contributed by atoms with Crippen LogP contribution in [0.1, 0.15) is 38.7 Å². The predicted molar refractivity (Wildman–Crippen MR) is 99.8 cm³/mol. The average Bonchev–Trinajstić information content (AvgIpc) is 3.19. The second-order valence-corrected chi connectivity index (χ2v) is 6.79. The van der Waals surface area contributed by atoms with Crippen LogP contribution in [-0.4, -0.2) is 48.6 Å². The number of likely N-dealkylation sites (tertiary alicyclic amines) is 1. The van der Waals surface area contributed by atoms with Gasteiger partial charge >= 0.3 is 12.1 Å². The fourth-order valence-electron chi connectivity index (χ4n) is 3.11. The summed E-state index contributed by atoms with van der Waals surface area (Å²) in [6.07, 6.45) is 1.45. The molecule has 0 bridgehead atoms. The first-order valence-corrected chi connectivity index (χ1v) is 9.33. The van der Waals surface area contributed by atoms with Crippen molar-refractivity contribution >= 4 is 18.0 Å². The van der Waals surface area contributed by atoms with Gasteiger partial charge in [0.2, 0.25) is 5.91 Å². The Morgan fingerprint density at radius 1 is 1.26 bits per heavy atom. The molecule has 3 atom stereocenters. The molecule has 2 rings (SSSR count). The second kappa shape index (κ2) is 9.94. The molecule has 0 radical (unpaired) electrons. The summed E-state index contributed by atoms with van der Waals surface area (Å²) in [4.78, 5) is 38.6. The van der Waals surface area contributed by atoms with Crippen molar-refractivity contribution in [3.05, 3.63) is 35.9 Å². The number of esters is 1. The largest absolute Gasteiger partial charge is 0.467 e. The van der Waals surface area contributed by atoms with E-state index >= 15 is 0 Å². The first-order valence-electron chi connectivity index (χ1n) is 9.33. The highest BCUT2D eigenvalue weighted by molar-refractivity contribution is 5.90. The first kappa shape index (κ1) is 20.7. The van der Waals surface area contributed by atoms with Gasteiger partial charge in [-0.05, 0) is 24.3 Å². The summed E-state index contributed by atoms with van der Waals surface area (Å²) in [5.74, 6) is -0.893. The lowest BCUT2D eigenvalue weighted by atomic mass is 9.98. The average molecular weight is 376 g/mol. The summed E-state index contributed by atoms with van der Waals surface area (Å²) in [7, 11) is 1.30. The molecule has 0 aromatic heterocycles. The van der Waals surface area contributed by atoms with Crippen LogP contribution in [0.5, 0.6) is 0 Å². The smallest absolute Gasteiger partial charge is 0.410 e. The van der Waals surface area contributed by atoms with E-state index in [9.17, 15) is 14.4 Å². The van der Waals surface area contributed by atoms with E-state index in [2.05, 4.69) is 5.32 Å². The van der Waals surface area contributed by atoms with Crippen molar-refractivity contribution in [1.29, 1.82) is 0 Å². The SMILES string of the molecule is CC[C@@H](C)[C@@H](NC(=O)[C@H]1CCCN1C(=O)OCc1ccccc1)C(=O)OC. The van der Waals surface area contributed by atoms with Crippen LogP contribution in [0.15, 0.2) is 30.3 Å². The van der Waals surface area contributed by atoms with Gasteiger partial charge in [0, 0.05) is 6.54 Å². The van der Waals surface area contributed by atoms with Gasteiger partial charge in [0.1, 0.15) is 18.7 Å². The summed E-state index contributed by atoms with van der Waals surface area (Å²) < 4.78 is 10.2. The molecule has 1 aromatic carbocycles. The zero-order valence-corrected chi connectivity index (χ0v) is 16.1. The van der Waals surface area contributed by atoms with Crippen LogP contribution >= 0.6 is 0 Å². The van der Waals surface area contributed by atoms with Crippen molar-refractivity contribution < 1.29 is 23.9 Å². The topological polar surface area (TPSA) is 84.9 Å². The highest BCUT2D eigenvalue weighted by Gasteiger charge is 2.37. The monoisotopic (exact) mass is 376 g/mol. The lowest BCUT2D eigenvalue weighted by Gasteiger charge is -2.27. The molecule has 1 N–H and O–H groups in total. The Morgan fingerprint density at radius 2 is 1.96 bits per heavy atom. The number of carbonyl (C=O) groups excluding carboxylic acids is 3. The maximum Gasteiger partial charge on any atom is 0.410 e.